The average molecular weight is 529 g/mol. The van der Waals surface area contributed by atoms with E-state index in [0.717, 1.165) is 43.4 Å². The van der Waals surface area contributed by atoms with Crippen molar-refractivity contribution in [3.8, 4) is 5.75 Å². The molecule has 5 nitrogen and oxygen atoms in total. The number of ether oxygens (including phenoxy) is 1. The summed E-state index contributed by atoms with van der Waals surface area (Å²) in [7, 11) is 1.66. The predicted molar refractivity (Wildman–Crippen MR) is 150 cm³/mol. The van der Waals surface area contributed by atoms with Gasteiger partial charge in [0, 0.05) is 12.2 Å². The van der Waals surface area contributed by atoms with E-state index >= 15 is 0 Å². The Balaban J connectivity index is 1.26. The summed E-state index contributed by atoms with van der Waals surface area (Å²) in [5.41, 5.74) is 1.24. The van der Waals surface area contributed by atoms with Crippen molar-refractivity contribution in [2.45, 2.75) is 103 Å². The van der Waals surface area contributed by atoms with Gasteiger partial charge in [0.05, 0.1) is 25.4 Å². The molecule has 2 unspecified atom stereocenters. The second kappa shape index (κ2) is 11.0. The fourth-order valence-electron chi connectivity index (χ4n) is 10.6. The lowest BCUT2D eigenvalue weighted by Crippen LogP contribution is -2.61. The minimum Gasteiger partial charge on any atom is -0.496 e. The van der Waals surface area contributed by atoms with Crippen molar-refractivity contribution in [2.75, 3.05) is 13.7 Å². The smallest absolute Gasteiger partial charge is 0.124 e. The van der Waals surface area contributed by atoms with Gasteiger partial charge in [-0.3, -0.25) is 0 Å². The molecule has 4 saturated carbocycles. The van der Waals surface area contributed by atoms with Crippen LogP contribution < -0.4 is 4.74 Å². The number of rotatable bonds is 8. The maximum absolute atomic E-state index is 11.0. The van der Waals surface area contributed by atoms with Gasteiger partial charge in [0.2, 0.25) is 0 Å². The Labute approximate surface area is 230 Å². The van der Waals surface area contributed by atoms with E-state index in [1.165, 1.54) is 25.7 Å². The second-order valence-electron chi connectivity index (χ2n) is 14.1. The van der Waals surface area contributed by atoms with Crippen LogP contribution in [0, 0.1) is 52.3 Å². The van der Waals surface area contributed by atoms with Crippen molar-refractivity contribution >= 4 is 0 Å². The molecule has 214 valence electrons. The number of benzene rings is 1. The number of hydrogen-bond donors (Lipinski definition) is 4. The van der Waals surface area contributed by atoms with Gasteiger partial charge in [0.25, 0.3) is 0 Å². The zero-order chi connectivity index (χ0) is 27.2. The number of aliphatic hydroxyl groups is 4. The second-order valence-corrected chi connectivity index (χ2v) is 14.1. The highest BCUT2D eigenvalue weighted by molar-refractivity contribution is 5.34. The van der Waals surface area contributed by atoms with Crippen LogP contribution in [0.2, 0.25) is 0 Å². The molecule has 0 bridgehead atoms. The Kier molecular flexibility index (Phi) is 8.24. The van der Waals surface area contributed by atoms with Crippen LogP contribution in [0.1, 0.15) is 96.6 Å². The van der Waals surface area contributed by atoms with E-state index in [1.54, 1.807) is 7.11 Å². The third kappa shape index (κ3) is 4.63. The molecule has 4 fully saturated rings. The fourth-order valence-corrected chi connectivity index (χ4v) is 10.6. The standard InChI is InChI=1S/C33H52O5/c1-20(8-7-10-27(35)22-9-5-6-11-29(22)38-4)23-12-13-24-30-21(19-34)18-26-31(37)28(36)15-17-33(26,3)25(30)14-16-32(23,24)2/h5-6,9,11,20-21,23-28,30-31,34-37H,7-8,10,12-19H2,1-4H3/t20-,21?,23-,24+,25+,26+,27?,28+,30+,31-,32-,33-/m1/s1. The van der Waals surface area contributed by atoms with E-state index in [-0.39, 0.29) is 23.9 Å². The summed E-state index contributed by atoms with van der Waals surface area (Å²) in [4.78, 5) is 0. The first-order valence-corrected chi connectivity index (χ1v) is 15.4. The topological polar surface area (TPSA) is 90.2 Å². The van der Waals surface area contributed by atoms with Gasteiger partial charge in [-0.2, -0.15) is 0 Å². The predicted octanol–water partition coefficient (Wildman–Crippen LogP) is 5.74. The summed E-state index contributed by atoms with van der Waals surface area (Å²) in [6.45, 7) is 7.57. The monoisotopic (exact) mass is 528 g/mol. The van der Waals surface area contributed by atoms with Gasteiger partial charge in [-0.05, 0) is 110 Å². The lowest BCUT2D eigenvalue weighted by atomic mass is 9.42. The molecule has 38 heavy (non-hydrogen) atoms. The third-order valence-electron chi connectivity index (χ3n) is 12.5. The highest BCUT2D eigenvalue weighted by atomic mass is 16.5. The SMILES string of the molecule is COc1ccccc1C(O)CCC[C@@H](C)[C@H]1CC[C@H]2[C@@H]3C(CO)C[C@H]4[C@@H](O)[C@@H](O)CC[C@]4(C)[C@H]3CC[C@]12C. The van der Waals surface area contributed by atoms with Crippen molar-refractivity contribution in [1.29, 1.82) is 0 Å². The van der Waals surface area contributed by atoms with Crippen LogP contribution in [0.15, 0.2) is 24.3 Å². The van der Waals surface area contributed by atoms with Crippen molar-refractivity contribution in [3.05, 3.63) is 29.8 Å². The van der Waals surface area contributed by atoms with Gasteiger partial charge < -0.3 is 25.2 Å². The molecule has 5 rings (SSSR count). The maximum atomic E-state index is 11.0. The number of para-hydroxylation sites is 1. The zero-order valence-corrected chi connectivity index (χ0v) is 24.1. The maximum Gasteiger partial charge on any atom is 0.124 e. The average Bonchev–Trinajstić information content (AvgIpc) is 3.28. The quantitative estimate of drug-likeness (QED) is 0.345. The Morgan fingerprint density at radius 3 is 2.39 bits per heavy atom. The highest BCUT2D eigenvalue weighted by Crippen LogP contribution is 2.69. The Hall–Kier alpha value is -1.14. The Bertz CT molecular complexity index is 951. The Morgan fingerprint density at radius 1 is 0.947 bits per heavy atom. The van der Waals surface area contributed by atoms with Crippen molar-refractivity contribution < 1.29 is 25.2 Å². The van der Waals surface area contributed by atoms with Crippen LogP contribution in [0.25, 0.3) is 0 Å². The summed E-state index contributed by atoms with van der Waals surface area (Å²) in [6.07, 6.45) is 8.58. The van der Waals surface area contributed by atoms with Crippen molar-refractivity contribution in [3.63, 3.8) is 0 Å². The Morgan fingerprint density at radius 2 is 1.66 bits per heavy atom. The molecule has 0 spiro atoms. The van der Waals surface area contributed by atoms with E-state index < -0.39 is 18.3 Å². The van der Waals surface area contributed by atoms with Gasteiger partial charge in [0.15, 0.2) is 0 Å². The van der Waals surface area contributed by atoms with E-state index in [2.05, 4.69) is 20.8 Å². The molecular weight excluding hydrogens is 476 g/mol. The lowest BCUT2D eigenvalue weighted by molar-refractivity contribution is -0.196. The van der Waals surface area contributed by atoms with Gasteiger partial charge in [0.1, 0.15) is 5.75 Å². The molecule has 0 aliphatic heterocycles. The number of fused-ring (bicyclic) bond motifs is 5. The normalized spacial score (nSPS) is 44.0. The minimum absolute atomic E-state index is 0.0641. The van der Waals surface area contributed by atoms with Gasteiger partial charge in [-0.1, -0.05) is 51.8 Å². The summed E-state index contributed by atoms with van der Waals surface area (Å²) in [5.74, 6) is 4.06. The lowest BCUT2D eigenvalue weighted by Gasteiger charge is -2.64. The molecule has 1 aromatic carbocycles. The van der Waals surface area contributed by atoms with Crippen molar-refractivity contribution in [2.24, 2.45) is 52.3 Å². The molecule has 4 aliphatic carbocycles. The minimum atomic E-state index is -0.653. The largest absolute Gasteiger partial charge is 0.496 e. The summed E-state index contributed by atoms with van der Waals surface area (Å²) < 4.78 is 5.46. The molecule has 4 aliphatic rings. The molecule has 0 amide bonds. The van der Waals surface area contributed by atoms with Crippen LogP contribution in [0.3, 0.4) is 0 Å². The summed E-state index contributed by atoms with van der Waals surface area (Å²) >= 11 is 0. The highest BCUT2D eigenvalue weighted by Gasteiger charge is 2.64. The van der Waals surface area contributed by atoms with Gasteiger partial charge in [-0.15, -0.1) is 0 Å². The first-order chi connectivity index (χ1) is 18.2. The molecular formula is C33H52O5. The molecule has 12 atom stereocenters. The molecule has 0 aromatic heterocycles. The van der Waals surface area contributed by atoms with Gasteiger partial charge >= 0.3 is 0 Å². The molecule has 0 heterocycles. The molecule has 0 radical (unpaired) electrons. The van der Waals surface area contributed by atoms with Gasteiger partial charge in [-0.25, -0.2) is 0 Å². The van der Waals surface area contributed by atoms with Crippen molar-refractivity contribution in [1.82, 2.24) is 0 Å². The first-order valence-electron chi connectivity index (χ1n) is 15.4. The zero-order valence-electron chi connectivity index (χ0n) is 24.1. The molecule has 0 saturated heterocycles. The van der Waals surface area contributed by atoms with Crippen LogP contribution in [0.5, 0.6) is 5.75 Å². The molecule has 5 heteroatoms. The third-order valence-corrected chi connectivity index (χ3v) is 12.5. The summed E-state index contributed by atoms with van der Waals surface area (Å²) in [6, 6.07) is 7.79. The van der Waals surface area contributed by atoms with E-state index in [1.807, 2.05) is 24.3 Å². The van der Waals surface area contributed by atoms with E-state index in [9.17, 15) is 20.4 Å². The van der Waals surface area contributed by atoms with Crippen LogP contribution in [-0.2, 0) is 0 Å². The van der Waals surface area contributed by atoms with E-state index in [0.29, 0.717) is 41.4 Å². The number of methoxy groups -OCH3 is 1. The van der Waals surface area contributed by atoms with Crippen LogP contribution >= 0.6 is 0 Å². The van der Waals surface area contributed by atoms with Crippen LogP contribution in [0.4, 0.5) is 0 Å². The van der Waals surface area contributed by atoms with E-state index in [4.69, 9.17) is 4.74 Å². The molecule has 1 aromatic rings. The summed E-state index contributed by atoms with van der Waals surface area (Å²) in [5, 5.41) is 42.8. The fraction of sp³-hybridized carbons (Fsp3) is 0.818. The first kappa shape index (κ1) is 28.4. The molecule has 4 N–H and O–H groups in total. The van der Waals surface area contributed by atoms with Crippen LogP contribution in [-0.4, -0.2) is 46.4 Å². The number of aliphatic hydroxyl groups excluding tert-OH is 4. The number of hydrogen-bond acceptors (Lipinski definition) is 5.